The van der Waals surface area contributed by atoms with Gasteiger partial charge in [0.2, 0.25) is 0 Å². The van der Waals surface area contributed by atoms with Gasteiger partial charge in [-0.1, -0.05) is 31.2 Å². The van der Waals surface area contributed by atoms with Crippen LogP contribution in [0.3, 0.4) is 0 Å². The van der Waals surface area contributed by atoms with Gasteiger partial charge in [0.1, 0.15) is 6.29 Å². The van der Waals surface area contributed by atoms with Crippen LogP contribution in [0.1, 0.15) is 31.9 Å². The van der Waals surface area contributed by atoms with Crippen LogP contribution in [-0.4, -0.2) is 6.29 Å². The minimum Gasteiger partial charge on any atom is -0.302 e. The van der Waals surface area contributed by atoms with Crippen molar-refractivity contribution in [1.29, 1.82) is 0 Å². The van der Waals surface area contributed by atoms with Crippen molar-refractivity contribution in [3.63, 3.8) is 0 Å². The predicted molar refractivity (Wildman–Crippen MR) is 54.9 cm³/mol. The van der Waals surface area contributed by atoms with Gasteiger partial charge < -0.3 is 4.79 Å². The summed E-state index contributed by atoms with van der Waals surface area (Å²) in [5.41, 5.74) is 2.03. The molecule has 0 bridgehead atoms. The molecule has 70 valence electrons. The van der Waals surface area contributed by atoms with E-state index in [0.29, 0.717) is 0 Å². The summed E-state index contributed by atoms with van der Waals surface area (Å²) in [5, 5.41) is 0. The van der Waals surface area contributed by atoms with Crippen LogP contribution < -0.4 is 0 Å². The summed E-state index contributed by atoms with van der Waals surface area (Å²) < 4.78 is 0. The molecule has 0 amide bonds. The third-order valence-electron chi connectivity index (χ3n) is 2.37. The zero-order valence-electron chi connectivity index (χ0n) is 8.50. The Balaban J connectivity index is 3.08. The predicted octanol–water partition coefficient (Wildman–Crippen LogP) is 2.73. The Morgan fingerprint density at radius 3 is 2.62 bits per heavy atom. The molecule has 0 unspecified atom stereocenters. The Bertz CT molecular complexity index is 300. The highest BCUT2D eigenvalue weighted by Crippen LogP contribution is 2.21. The van der Waals surface area contributed by atoms with Crippen LogP contribution >= 0.6 is 0 Å². The van der Waals surface area contributed by atoms with Gasteiger partial charge in [-0.2, -0.15) is 0 Å². The second-order valence-corrected chi connectivity index (χ2v) is 3.89. The molecule has 0 saturated heterocycles. The Labute approximate surface area is 79.8 Å². The second-order valence-electron chi connectivity index (χ2n) is 3.89. The number of carbonyl (C=O) groups is 1. The topological polar surface area (TPSA) is 17.1 Å². The van der Waals surface area contributed by atoms with Gasteiger partial charge in [-0.25, -0.2) is 0 Å². The molecule has 0 atom stereocenters. The van der Waals surface area contributed by atoms with Crippen LogP contribution in [0.5, 0.6) is 0 Å². The third-order valence-corrected chi connectivity index (χ3v) is 2.37. The third kappa shape index (κ3) is 2.18. The molecule has 1 aromatic carbocycles. The van der Waals surface area contributed by atoms with Crippen molar-refractivity contribution in [2.45, 2.75) is 32.6 Å². The fraction of sp³-hybridized carbons (Fsp3) is 0.417. The van der Waals surface area contributed by atoms with E-state index >= 15 is 0 Å². The maximum atomic E-state index is 10.8. The minimum atomic E-state index is -0.356. The lowest BCUT2D eigenvalue weighted by Crippen LogP contribution is -2.18. The highest BCUT2D eigenvalue weighted by atomic mass is 16.1. The van der Waals surface area contributed by atoms with Crippen molar-refractivity contribution in [1.82, 2.24) is 0 Å². The standard InChI is InChI=1S/C12H16O/c1-4-10-6-5-7-11(8-10)12(2,3)9-13/h5-9H,4H2,1-3H3. The summed E-state index contributed by atoms with van der Waals surface area (Å²) in [7, 11) is 0. The lowest BCUT2D eigenvalue weighted by atomic mass is 9.85. The first-order valence-corrected chi connectivity index (χ1v) is 4.66. The second kappa shape index (κ2) is 3.73. The van der Waals surface area contributed by atoms with Crippen LogP contribution in [0.2, 0.25) is 0 Å². The van der Waals surface area contributed by atoms with E-state index in [1.807, 2.05) is 26.0 Å². The summed E-state index contributed by atoms with van der Waals surface area (Å²) in [4.78, 5) is 10.8. The molecule has 0 N–H and O–H groups in total. The van der Waals surface area contributed by atoms with E-state index in [-0.39, 0.29) is 5.41 Å². The summed E-state index contributed by atoms with van der Waals surface area (Å²) in [6.45, 7) is 6.00. The summed E-state index contributed by atoms with van der Waals surface area (Å²) in [5.74, 6) is 0. The van der Waals surface area contributed by atoms with E-state index in [9.17, 15) is 4.79 Å². The fourth-order valence-corrected chi connectivity index (χ4v) is 1.26. The van der Waals surface area contributed by atoms with Gasteiger partial charge in [-0.15, -0.1) is 0 Å². The van der Waals surface area contributed by atoms with Crippen LogP contribution in [0.25, 0.3) is 0 Å². The minimum absolute atomic E-state index is 0.356. The normalized spacial score (nSPS) is 11.3. The van der Waals surface area contributed by atoms with Crippen LogP contribution in [0.4, 0.5) is 0 Å². The van der Waals surface area contributed by atoms with E-state index < -0.39 is 0 Å². The van der Waals surface area contributed by atoms with Gasteiger partial charge in [0, 0.05) is 5.41 Å². The number of hydrogen-bond donors (Lipinski definition) is 0. The smallest absolute Gasteiger partial charge is 0.129 e. The molecule has 1 nitrogen and oxygen atoms in total. The molecular formula is C12H16O. The monoisotopic (exact) mass is 176 g/mol. The van der Waals surface area contributed by atoms with Gasteiger partial charge in [0.15, 0.2) is 0 Å². The maximum Gasteiger partial charge on any atom is 0.129 e. The molecule has 0 spiro atoms. The molecule has 13 heavy (non-hydrogen) atoms. The SMILES string of the molecule is CCc1cccc(C(C)(C)C=O)c1. The molecule has 0 aliphatic carbocycles. The van der Waals surface area contributed by atoms with Crippen LogP contribution in [-0.2, 0) is 16.6 Å². The molecule has 0 aliphatic rings. The Morgan fingerprint density at radius 2 is 2.08 bits per heavy atom. The van der Waals surface area contributed by atoms with Gasteiger partial charge in [-0.3, -0.25) is 0 Å². The number of benzene rings is 1. The largest absolute Gasteiger partial charge is 0.302 e. The molecule has 0 aromatic heterocycles. The lowest BCUT2D eigenvalue weighted by Gasteiger charge is -2.17. The van der Waals surface area contributed by atoms with E-state index in [4.69, 9.17) is 0 Å². The van der Waals surface area contributed by atoms with Gasteiger partial charge in [0.05, 0.1) is 0 Å². The Morgan fingerprint density at radius 1 is 1.38 bits per heavy atom. The van der Waals surface area contributed by atoms with Gasteiger partial charge in [-0.05, 0) is 31.4 Å². The van der Waals surface area contributed by atoms with Crippen LogP contribution in [0, 0.1) is 0 Å². The number of rotatable bonds is 3. The highest BCUT2D eigenvalue weighted by Gasteiger charge is 2.18. The average Bonchev–Trinajstić information content (AvgIpc) is 2.18. The summed E-state index contributed by atoms with van der Waals surface area (Å²) in [6.07, 6.45) is 2.02. The lowest BCUT2D eigenvalue weighted by molar-refractivity contribution is -0.111. The number of aryl methyl sites for hydroxylation is 1. The molecule has 1 aromatic rings. The van der Waals surface area contributed by atoms with Gasteiger partial charge in [0.25, 0.3) is 0 Å². The first-order valence-electron chi connectivity index (χ1n) is 4.66. The quantitative estimate of drug-likeness (QED) is 0.647. The number of hydrogen-bond acceptors (Lipinski definition) is 1. The van der Waals surface area contributed by atoms with E-state index in [0.717, 1.165) is 18.3 Å². The highest BCUT2D eigenvalue weighted by molar-refractivity contribution is 5.67. The van der Waals surface area contributed by atoms with Crippen molar-refractivity contribution in [2.24, 2.45) is 0 Å². The molecule has 0 aliphatic heterocycles. The zero-order valence-corrected chi connectivity index (χ0v) is 8.50. The zero-order chi connectivity index (χ0) is 9.90. The first-order chi connectivity index (χ1) is 6.10. The molecule has 0 heterocycles. The number of carbonyl (C=O) groups excluding carboxylic acids is 1. The van der Waals surface area contributed by atoms with E-state index in [1.54, 1.807) is 0 Å². The molecule has 0 fully saturated rings. The Kier molecular flexibility index (Phi) is 2.86. The molecule has 1 heteroatoms. The van der Waals surface area contributed by atoms with Crippen molar-refractivity contribution in [3.05, 3.63) is 35.4 Å². The summed E-state index contributed by atoms with van der Waals surface area (Å²) in [6, 6.07) is 8.21. The Hall–Kier alpha value is -1.11. The van der Waals surface area contributed by atoms with E-state index in [1.165, 1.54) is 5.56 Å². The summed E-state index contributed by atoms with van der Waals surface area (Å²) >= 11 is 0. The van der Waals surface area contributed by atoms with Crippen molar-refractivity contribution >= 4 is 6.29 Å². The maximum absolute atomic E-state index is 10.8. The van der Waals surface area contributed by atoms with Gasteiger partial charge >= 0.3 is 0 Å². The fourth-order valence-electron chi connectivity index (χ4n) is 1.26. The molecule has 0 radical (unpaired) electrons. The van der Waals surface area contributed by atoms with Crippen LogP contribution in [0.15, 0.2) is 24.3 Å². The van der Waals surface area contributed by atoms with E-state index in [2.05, 4.69) is 19.1 Å². The molecular weight excluding hydrogens is 160 g/mol. The number of aldehydes is 1. The average molecular weight is 176 g/mol. The first kappa shape index (κ1) is 9.97. The van der Waals surface area contributed by atoms with Crippen molar-refractivity contribution in [3.8, 4) is 0 Å². The molecule has 1 rings (SSSR count). The van der Waals surface area contributed by atoms with Crippen molar-refractivity contribution < 1.29 is 4.79 Å². The molecule has 0 saturated carbocycles. The van der Waals surface area contributed by atoms with Crippen molar-refractivity contribution in [2.75, 3.05) is 0 Å².